The fraction of sp³-hybridized carbons (Fsp3) is 0.900. The van der Waals surface area contributed by atoms with Crippen LogP contribution in [0.25, 0.3) is 0 Å². The second-order valence-electron chi connectivity index (χ2n) is 3.26. The number of nitrogens with zero attached hydrogens (tertiary/aromatic N) is 1. The SMILES string of the molecule is CCCN=C(NCC)NC(C)COC.I. The van der Waals surface area contributed by atoms with E-state index in [4.69, 9.17) is 4.74 Å². The second kappa shape index (κ2) is 12.0. The predicted molar refractivity (Wildman–Crippen MR) is 76.2 cm³/mol. The number of hydrogen-bond acceptors (Lipinski definition) is 2. The molecule has 0 fully saturated rings. The lowest BCUT2D eigenvalue weighted by molar-refractivity contribution is 0.179. The van der Waals surface area contributed by atoms with Crippen molar-refractivity contribution in [2.75, 3.05) is 26.8 Å². The van der Waals surface area contributed by atoms with Crippen molar-refractivity contribution < 1.29 is 4.74 Å². The summed E-state index contributed by atoms with van der Waals surface area (Å²) in [7, 11) is 1.70. The fourth-order valence-electron chi connectivity index (χ4n) is 1.07. The molecule has 5 heteroatoms. The van der Waals surface area contributed by atoms with Crippen LogP contribution in [0.3, 0.4) is 0 Å². The van der Waals surface area contributed by atoms with Crippen LogP contribution in [0.1, 0.15) is 27.2 Å². The molecule has 0 radical (unpaired) electrons. The van der Waals surface area contributed by atoms with Gasteiger partial charge in [0, 0.05) is 26.2 Å². The summed E-state index contributed by atoms with van der Waals surface area (Å²) < 4.78 is 5.04. The third kappa shape index (κ3) is 10.2. The van der Waals surface area contributed by atoms with Gasteiger partial charge in [0.25, 0.3) is 0 Å². The van der Waals surface area contributed by atoms with Crippen molar-refractivity contribution >= 4 is 29.9 Å². The molecule has 1 atom stereocenters. The van der Waals surface area contributed by atoms with Gasteiger partial charge in [-0.3, -0.25) is 4.99 Å². The Morgan fingerprint density at radius 3 is 2.53 bits per heavy atom. The molecule has 0 amide bonds. The lowest BCUT2D eigenvalue weighted by atomic mass is 10.4. The van der Waals surface area contributed by atoms with Gasteiger partial charge in [-0.1, -0.05) is 6.92 Å². The van der Waals surface area contributed by atoms with Crippen molar-refractivity contribution in [3.05, 3.63) is 0 Å². The summed E-state index contributed by atoms with van der Waals surface area (Å²) in [4.78, 5) is 4.39. The highest BCUT2D eigenvalue weighted by atomic mass is 127. The maximum atomic E-state index is 5.04. The van der Waals surface area contributed by atoms with E-state index in [1.165, 1.54) is 0 Å². The quantitative estimate of drug-likeness (QED) is 0.442. The molecule has 0 bridgehead atoms. The number of guanidine groups is 1. The normalized spacial score (nSPS) is 12.9. The van der Waals surface area contributed by atoms with Crippen LogP contribution in [-0.2, 0) is 4.74 Å². The van der Waals surface area contributed by atoms with Crippen molar-refractivity contribution in [1.82, 2.24) is 10.6 Å². The van der Waals surface area contributed by atoms with Crippen molar-refractivity contribution in [3.63, 3.8) is 0 Å². The monoisotopic (exact) mass is 329 g/mol. The lowest BCUT2D eigenvalue weighted by Gasteiger charge is -2.16. The molecule has 0 aliphatic rings. The Hall–Kier alpha value is -0.0400. The number of ether oxygens (including phenoxy) is 1. The molecule has 0 spiro atoms. The molecule has 0 aliphatic heterocycles. The first kappa shape index (κ1) is 17.4. The van der Waals surface area contributed by atoms with Gasteiger partial charge in [0.05, 0.1) is 6.61 Å². The van der Waals surface area contributed by atoms with Crippen molar-refractivity contribution in [3.8, 4) is 0 Å². The van der Waals surface area contributed by atoms with Gasteiger partial charge in [0.1, 0.15) is 0 Å². The van der Waals surface area contributed by atoms with Gasteiger partial charge in [-0.2, -0.15) is 0 Å². The first-order chi connectivity index (χ1) is 6.74. The zero-order valence-corrected chi connectivity index (χ0v) is 12.5. The molecule has 0 saturated heterocycles. The van der Waals surface area contributed by atoms with Crippen LogP contribution < -0.4 is 10.6 Å². The first-order valence-electron chi connectivity index (χ1n) is 5.28. The summed E-state index contributed by atoms with van der Waals surface area (Å²) in [5, 5.41) is 6.46. The Morgan fingerprint density at radius 2 is 2.07 bits per heavy atom. The summed E-state index contributed by atoms with van der Waals surface area (Å²) in [5.74, 6) is 0.874. The number of rotatable bonds is 6. The summed E-state index contributed by atoms with van der Waals surface area (Å²) in [6.45, 7) is 8.68. The Labute approximate surface area is 110 Å². The largest absolute Gasteiger partial charge is 0.383 e. The summed E-state index contributed by atoms with van der Waals surface area (Å²) in [5.41, 5.74) is 0. The highest BCUT2D eigenvalue weighted by Gasteiger charge is 2.03. The average molecular weight is 329 g/mol. The number of halogens is 1. The average Bonchev–Trinajstić information content (AvgIpc) is 2.15. The van der Waals surface area contributed by atoms with E-state index < -0.39 is 0 Å². The van der Waals surface area contributed by atoms with Gasteiger partial charge in [-0.25, -0.2) is 0 Å². The number of methoxy groups -OCH3 is 1. The second-order valence-corrected chi connectivity index (χ2v) is 3.26. The van der Waals surface area contributed by atoms with Gasteiger partial charge >= 0.3 is 0 Å². The van der Waals surface area contributed by atoms with Crippen LogP contribution in [0.4, 0.5) is 0 Å². The maximum absolute atomic E-state index is 5.04. The summed E-state index contributed by atoms with van der Waals surface area (Å²) in [6.07, 6.45) is 1.06. The summed E-state index contributed by atoms with van der Waals surface area (Å²) >= 11 is 0. The van der Waals surface area contributed by atoms with Crippen molar-refractivity contribution in [2.24, 2.45) is 4.99 Å². The third-order valence-electron chi connectivity index (χ3n) is 1.64. The predicted octanol–water partition coefficient (Wildman–Crippen LogP) is 1.60. The first-order valence-corrected chi connectivity index (χ1v) is 5.28. The van der Waals surface area contributed by atoms with Gasteiger partial charge in [-0.05, 0) is 20.3 Å². The van der Waals surface area contributed by atoms with Crippen LogP contribution in [0.15, 0.2) is 4.99 Å². The van der Waals surface area contributed by atoms with Crippen molar-refractivity contribution in [1.29, 1.82) is 0 Å². The molecule has 4 nitrogen and oxygen atoms in total. The van der Waals surface area contributed by atoms with E-state index >= 15 is 0 Å². The van der Waals surface area contributed by atoms with Crippen LogP contribution in [0.2, 0.25) is 0 Å². The Kier molecular flexibility index (Phi) is 13.9. The Balaban J connectivity index is 0. The molecule has 0 heterocycles. The number of aliphatic imine (C=N–C) groups is 1. The molecular weight excluding hydrogens is 305 g/mol. The molecule has 0 aromatic heterocycles. The van der Waals surface area contributed by atoms with Crippen LogP contribution >= 0.6 is 24.0 Å². The molecule has 0 aromatic carbocycles. The molecule has 0 rings (SSSR count). The van der Waals surface area contributed by atoms with E-state index in [9.17, 15) is 0 Å². The number of nitrogens with one attached hydrogen (secondary N) is 2. The zero-order valence-electron chi connectivity index (χ0n) is 10.2. The van der Waals surface area contributed by atoms with Gasteiger partial charge in [-0.15, -0.1) is 24.0 Å². The van der Waals surface area contributed by atoms with Crippen LogP contribution in [-0.4, -0.2) is 38.8 Å². The molecule has 1 unspecified atom stereocenters. The standard InChI is InChI=1S/C10H23N3O.HI/c1-5-7-12-10(11-6-2)13-9(3)8-14-4;/h9H,5-8H2,1-4H3,(H2,11,12,13);1H. The minimum Gasteiger partial charge on any atom is -0.383 e. The highest BCUT2D eigenvalue weighted by molar-refractivity contribution is 14.0. The van der Waals surface area contributed by atoms with E-state index in [2.05, 4.69) is 36.4 Å². The molecule has 2 N–H and O–H groups in total. The smallest absolute Gasteiger partial charge is 0.191 e. The summed E-state index contributed by atoms with van der Waals surface area (Å²) in [6, 6.07) is 0.287. The molecule has 0 aliphatic carbocycles. The minimum atomic E-state index is 0. The number of hydrogen-bond donors (Lipinski definition) is 2. The Bertz CT molecular complexity index is 165. The fourth-order valence-corrected chi connectivity index (χ4v) is 1.07. The lowest BCUT2D eigenvalue weighted by Crippen LogP contribution is -2.44. The molecule has 15 heavy (non-hydrogen) atoms. The minimum absolute atomic E-state index is 0. The topological polar surface area (TPSA) is 45.7 Å². The van der Waals surface area contributed by atoms with E-state index in [1.54, 1.807) is 7.11 Å². The van der Waals surface area contributed by atoms with Crippen LogP contribution in [0, 0.1) is 0 Å². The highest BCUT2D eigenvalue weighted by Crippen LogP contribution is 1.84. The molecular formula is C10H24IN3O. The van der Waals surface area contributed by atoms with E-state index in [1.807, 2.05) is 0 Å². The zero-order chi connectivity index (χ0) is 10.8. The third-order valence-corrected chi connectivity index (χ3v) is 1.64. The van der Waals surface area contributed by atoms with Crippen molar-refractivity contribution in [2.45, 2.75) is 33.2 Å². The molecule has 0 saturated carbocycles. The van der Waals surface area contributed by atoms with Gasteiger partial charge in [0.15, 0.2) is 5.96 Å². The van der Waals surface area contributed by atoms with E-state index in [0.717, 1.165) is 25.5 Å². The Morgan fingerprint density at radius 1 is 1.40 bits per heavy atom. The molecule has 92 valence electrons. The maximum Gasteiger partial charge on any atom is 0.191 e. The van der Waals surface area contributed by atoms with E-state index in [-0.39, 0.29) is 30.0 Å². The van der Waals surface area contributed by atoms with E-state index in [0.29, 0.717) is 6.61 Å². The molecule has 0 aromatic rings. The van der Waals surface area contributed by atoms with Gasteiger partial charge in [0.2, 0.25) is 0 Å². The van der Waals surface area contributed by atoms with Crippen LogP contribution in [0.5, 0.6) is 0 Å². The van der Waals surface area contributed by atoms with Gasteiger partial charge < -0.3 is 15.4 Å².